The van der Waals surface area contributed by atoms with Crippen LogP contribution >= 0.6 is 0 Å². The van der Waals surface area contributed by atoms with Gasteiger partial charge in [0.05, 0.1) is 23.0 Å². The molecule has 0 bridgehead atoms. The number of nitrogens with two attached hydrogens (primary N) is 1. The molecular formula is C23H19N7O. The van der Waals surface area contributed by atoms with Crippen molar-refractivity contribution in [1.82, 2.24) is 29.5 Å². The van der Waals surface area contributed by atoms with Crippen molar-refractivity contribution in [3.05, 3.63) is 66.9 Å². The lowest BCUT2D eigenvalue weighted by atomic mass is 9.82. The van der Waals surface area contributed by atoms with Crippen LogP contribution in [0.25, 0.3) is 39.1 Å². The number of aliphatic hydroxyl groups excluding tert-OH is 1. The van der Waals surface area contributed by atoms with Crippen LogP contribution in [0.2, 0.25) is 0 Å². The third-order valence-electron chi connectivity index (χ3n) is 5.86. The summed E-state index contributed by atoms with van der Waals surface area (Å²) in [6, 6.07) is 15.8. The Kier molecular flexibility index (Phi) is 3.94. The number of imidazole rings is 1. The lowest BCUT2D eigenvalue weighted by Crippen LogP contribution is -2.28. The van der Waals surface area contributed by atoms with Crippen molar-refractivity contribution in [2.45, 2.75) is 24.9 Å². The van der Waals surface area contributed by atoms with Crippen LogP contribution in [0.15, 0.2) is 61.1 Å². The first kappa shape index (κ1) is 17.9. The van der Waals surface area contributed by atoms with Crippen molar-refractivity contribution in [2.24, 2.45) is 0 Å². The third-order valence-corrected chi connectivity index (χ3v) is 5.86. The molecule has 1 aromatic carbocycles. The molecule has 0 saturated heterocycles. The van der Waals surface area contributed by atoms with E-state index in [1.807, 2.05) is 48.5 Å². The van der Waals surface area contributed by atoms with E-state index in [-0.39, 0.29) is 12.0 Å². The van der Waals surface area contributed by atoms with Crippen LogP contribution in [0.4, 0.5) is 5.82 Å². The molecule has 0 atom stereocenters. The third kappa shape index (κ3) is 2.91. The first-order valence-corrected chi connectivity index (χ1v) is 10.2. The van der Waals surface area contributed by atoms with Gasteiger partial charge in [0.1, 0.15) is 23.4 Å². The van der Waals surface area contributed by atoms with E-state index in [2.05, 4.69) is 15.1 Å². The van der Waals surface area contributed by atoms with Gasteiger partial charge in [-0.25, -0.2) is 19.5 Å². The van der Waals surface area contributed by atoms with Crippen LogP contribution in [0.3, 0.4) is 0 Å². The molecule has 152 valence electrons. The number of rotatable bonds is 3. The minimum atomic E-state index is -0.283. The number of aliphatic hydroxyl groups is 1. The fourth-order valence-corrected chi connectivity index (χ4v) is 4.16. The molecule has 3 N–H and O–H groups in total. The Labute approximate surface area is 177 Å². The lowest BCUT2D eigenvalue weighted by Gasteiger charge is -2.29. The van der Waals surface area contributed by atoms with E-state index in [0.29, 0.717) is 24.2 Å². The van der Waals surface area contributed by atoms with Crippen molar-refractivity contribution in [2.75, 3.05) is 5.73 Å². The van der Waals surface area contributed by atoms with Crippen LogP contribution in [-0.2, 0) is 0 Å². The van der Waals surface area contributed by atoms with Crippen molar-refractivity contribution in [3.8, 4) is 22.6 Å². The number of aromatic nitrogens is 6. The Morgan fingerprint density at radius 2 is 1.84 bits per heavy atom. The summed E-state index contributed by atoms with van der Waals surface area (Å²) in [6.45, 7) is 0. The summed E-state index contributed by atoms with van der Waals surface area (Å²) in [5, 5.41) is 15.2. The molecule has 4 aromatic heterocycles. The molecule has 6 rings (SSSR count). The van der Waals surface area contributed by atoms with Gasteiger partial charge >= 0.3 is 0 Å². The van der Waals surface area contributed by atoms with Gasteiger partial charge in [0, 0.05) is 23.1 Å². The summed E-state index contributed by atoms with van der Waals surface area (Å²) in [7, 11) is 0. The second-order valence-corrected chi connectivity index (χ2v) is 7.87. The summed E-state index contributed by atoms with van der Waals surface area (Å²) in [5.41, 5.74) is 11.0. The van der Waals surface area contributed by atoms with Crippen molar-refractivity contribution >= 4 is 22.2 Å². The van der Waals surface area contributed by atoms with Gasteiger partial charge in [0.25, 0.3) is 0 Å². The number of nitrogens with zero attached hydrogens (tertiary/aromatic N) is 6. The molecule has 0 unspecified atom stereocenters. The highest BCUT2D eigenvalue weighted by atomic mass is 16.3. The molecular weight excluding hydrogens is 390 g/mol. The van der Waals surface area contributed by atoms with E-state index < -0.39 is 0 Å². The summed E-state index contributed by atoms with van der Waals surface area (Å²) < 4.78 is 1.76. The summed E-state index contributed by atoms with van der Waals surface area (Å²) in [6.07, 6.45) is 4.27. The molecule has 0 aliphatic heterocycles. The average molecular weight is 409 g/mol. The van der Waals surface area contributed by atoms with Gasteiger partial charge in [0.15, 0.2) is 5.82 Å². The number of pyridine rings is 2. The van der Waals surface area contributed by atoms with Crippen molar-refractivity contribution in [1.29, 1.82) is 0 Å². The number of fused-ring (bicyclic) bond motifs is 2. The van der Waals surface area contributed by atoms with Gasteiger partial charge in [0.2, 0.25) is 0 Å². The quantitative estimate of drug-likeness (QED) is 0.470. The van der Waals surface area contributed by atoms with Gasteiger partial charge in [-0.15, -0.1) is 0 Å². The van der Waals surface area contributed by atoms with Gasteiger partial charge in [-0.3, -0.25) is 4.98 Å². The maximum absolute atomic E-state index is 9.76. The molecule has 0 amide bonds. The maximum Gasteiger partial charge on any atom is 0.153 e. The molecule has 0 radical (unpaired) electrons. The smallest absolute Gasteiger partial charge is 0.153 e. The minimum absolute atomic E-state index is 0.153. The van der Waals surface area contributed by atoms with E-state index in [1.165, 1.54) is 6.33 Å². The van der Waals surface area contributed by atoms with Crippen molar-refractivity contribution < 1.29 is 5.11 Å². The first-order chi connectivity index (χ1) is 15.2. The van der Waals surface area contributed by atoms with Gasteiger partial charge in [-0.1, -0.05) is 24.3 Å². The van der Waals surface area contributed by atoms with Crippen LogP contribution in [0, 0.1) is 0 Å². The molecule has 0 spiro atoms. The van der Waals surface area contributed by atoms with E-state index in [4.69, 9.17) is 15.7 Å². The zero-order valence-corrected chi connectivity index (χ0v) is 16.6. The minimum Gasteiger partial charge on any atom is -0.393 e. The molecule has 8 nitrogen and oxygen atoms in total. The van der Waals surface area contributed by atoms with E-state index in [9.17, 15) is 5.11 Å². The molecule has 1 aliphatic carbocycles. The molecule has 8 heteroatoms. The number of anilines is 1. The summed E-state index contributed by atoms with van der Waals surface area (Å²) in [5.74, 6) is 1.33. The number of benzene rings is 1. The molecule has 4 heterocycles. The number of nitrogen functional groups attached to an aromatic ring is 1. The SMILES string of the molecule is Nc1ncnn2c(C3CC(O)C3)nc(-c3ccc4ccc(-c5ccccn5)nc4c3)c12. The van der Waals surface area contributed by atoms with Gasteiger partial charge in [-0.05, 0) is 37.1 Å². The highest BCUT2D eigenvalue weighted by Crippen LogP contribution is 2.39. The highest BCUT2D eigenvalue weighted by molar-refractivity contribution is 5.91. The van der Waals surface area contributed by atoms with E-state index in [0.717, 1.165) is 39.4 Å². The molecule has 31 heavy (non-hydrogen) atoms. The fraction of sp³-hybridized carbons (Fsp3) is 0.174. The lowest BCUT2D eigenvalue weighted by molar-refractivity contribution is 0.0711. The number of hydrogen-bond acceptors (Lipinski definition) is 7. The van der Waals surface area contributed by atoms with Crippen LogP contribution in [0.1, 0.15) is 24.6 Å². The fourth-order valence-electron chi connectivity index (χ4n) is 4.16. The van der Waals surface area contributed by atoms with E-state index >= 15 is 0 Å². The van der Waals surface area contributed by atoms with E-state index in [1.54, 1.807) is 10.7 Å². The molecule has 1 aliphatic rings. The number of hydrogen-bond donors (Lipinski definition) is 2. The zero-order chi connectivity index (χ0) is 20.9. The topological polar surface area (TPSA) is 115 Å². The van der Waals surface area contributed by atoms with Gasteiger partial charge in [-0.2, -0.15) is 5.10 Å². The molecule has 1 saturated carbocycles. The zero-order valence-electron chi connectivity index (χ0n) is 16.6. The predicted octanol–water partition coefficient (Wildman–Crippen LogP) is 3.22. The molecule has 1 fully saturated rings. The Balaban J connectivity index is 1.51. The second kappa shape index (κ2) is 6.82. The van der Waals surface area contributed by atoms with Gasteiger partial charge < -0.3 is 10.8 Å². The normalized spacial score (nSPS) is 18.4. The summed E-state index contributed by atoms with van der Waals surface area (Å²) in [4.78, 5) is 18.3. The average Bonchev–Trinajstić information content (AvgIpc) is 3.17. The Bertz CT molecular complexity index is 1420. The first-order valence-electron chi connectivity index (χ1n) is 10.2. The van der Waals surface area contributed by atoms with Crippen LogP contribution in [0.5, 0.6) is 0 Å². The standard InChI is InChI=1S/C23H19N7O/c24-22-21-20(29-23(15-9-16(31)10-15)30(21)27-12-26-22)14-5-4-13-6-7-18(28-19(13)11-14)17-3-1-2-8-25-17/h1-8,11-12,15-16,31H,9-10H2,(H2,24,26,27). The van der Waals surface area contributed by atoms with Crippen LogP contribution in [-0.4, -0.2) is 40.8 Å². The summed E-state index contributed by atoms with van der Waals surface area (Å²) >= 11 is 0. The predicted molar refractivity (Wildman–Crippen MR) is 117 cm³/mol. The monoisotopic (exact) mass is 409 g/mol. The van der Waals surface area contributed by atoms with Crippen LogP contribution < -0.4 is 5.73 Å². The molecule has 5 aromatic rings. The largest absolute Gasteiger partial charge is 0.393 e. The Morgan fingerprint density at radius 3 is 2.65 bits per heavy atom. The maximum atomic E-state index is 9.76. The van der Waals surface area contributed by atoms with Crippen molar-refractivity contribution in [3.63, 3.8) is 0 Å². The Morgan fingerprint density at radius 1 is 0.968 bits per heavy atom. The highest BCUT2D eigenvalue weighted by Gasteiger charge is 2.33. The second-order valence-electron chi connectivity index (χ2n) is 7.87. The Hall–Kier alpha value is -3.91.